The zero-order valence-electron chi connectivity index (χ0n) is 40.6. The van der Waals surface area contributed by atoms with E-state index in [1.807, 2.05) is 17.0 Å². The molecule has 0 aliphatic carbocycles. The molecule has 60 heavy (non-hydrogen) atoms. The van der Waals surface area contributed by atoms with E-state index in [-0.39, 0.29) is 11.9 Å². The Morgan fingerprint density at radius 1 is 0.333 bits per heavy atom. The highest BCUT2D eigenvalue weighted by molar-refractivity contribution is 5.94. The summed E-state index contributed by atoms with van der Waals surface area (Å²) in [6.45, 7) is 8.51. The Balaban J connectivity index is 2.40. The number of ether oxygens (including phenoxy) is 2. The van der Waals surface area contributed by atoms with Crippen LogP contribution >= 0.6 is 0 Å². The zero-order chi connectivity index (χ0) is 43.2. The average Bonchev–Trinajstić information content (AvgIpc) is 3.26. The van der Waals surface area contributed by atoms with Crippen molar-refractivity contribution in [2.75, 3.05) is 13.2 Å². The van der Waals surface area contributed by atoms with E-state index in [0.29, 0.717) is 24.3 Å². The average molecular weight is 841 g/mol. The lowest BCUT2D eigenvalue weighted by molar-refractivity contribution is -0.697. The van der Waals surface area contributed by atoms with Gasteiger partial charge in [0.05, 0.1) is 13.2 Å². The van der Waals surface area contributed by atoms with E-state index < -0.39 is 0 Å². The minimum Gasteiger partial charge on any atom is -0.462 e. The molecule has 0 amide bonds. The summed E-state index contributed by atoms with van der Waals surface area (Å²) in [7, 11) is 0. The highest BCUT2D eigenvalue weighted by atomic mass is 16.5. The third-order valence-corrected chi connectivity index (χ3v) is 12.6. The van der Waals surface area contributed by atoms with Gasteiger partial charge in [-0.3, -0.25) is 0 Å². The molecular weight excluding hydrogens is 739 g/mol. The van der Waals surface area contributed by atoms with Gasteiger partial charge in [0.2, 0.25) is 0 Å². The van der Waals surface area contributed by atoms with Gasteiger partial charge in [0, 0.05) is 6.42 Å². The number of nitrogens with zero attached hydrogens (tertiary/aromatic N) is 1. The van der Waals surface area contributed by atoms with Crippen molar-refractivity contribution in [1.82, 2.24) is 0 Å². The number of pyridine rings is 1. The fraction of sp³-hybridized carbons (Fsp3) is 0.873. The first-order valence-electron chi connectivity index (χ1n) is 27.0. The van der Waals surface area contributed by atoms with E-state index in [4.69, 9.17) is 9.47 Å². The third kappa shape index (κ3) is 36.7. The van der Waals surface area contributed by atoms with Gasteiger partial charge in [-0.05, 0) is 25.3 Å². The van der Waals surface area contributed by atoms with Crippen LogP contribution in [-0.2, 0) is 16.0 Å². The van der Waals surface area contributed by atoms with Crippen molar-refractivity contribution in [1.29, 1.82) is 0 Å². The molecule has 1 rings (SSSR count). The number of hydrogen-bond donors (Lipinski definition) is 0. The molecule has 0 aliphatic rings. The van der Waals surface area contributed by atoms with Crippen molar-refractivity contribution in [2.24, 2.45) is 0 Å². The van der Waals surface area contributed by atoms with E-state index >= 15 is 0 Å². The largest absolute Gasteiger partial charge is 0.462 e. The van der Waals surface area contributed by atoms with Crippen molar-refractivity contribution in [3.8, 4) is 0 Å². The van der Waals surface area contributed by atoms with E-state index in [1.54, 1.807) is 6.07 Å². The molecule has 1 aromatic rings. The molecule has 0 spiro atoms. The Labute approximate surface area is 374 Å². The molecule has 0 radical (unpaired) electrons. The van der Waals surface area contributed by atoms with E-state index in [2.05, 4.69) is 20.8 Å². The standard InChI is InChI=1S/C55H102NO4/c1-4-7-10-13-16-19-22-25-28-31-34-37-40-43-46-56-50-52(54(57)59-47-44-41-38-35-32-29-26-23-20-17-14-11-8-5-2)49-53(51-56)55(58)60-48-45-42-39-36-33-30-27-24-21-18-15-12-9-6-3/h49-51H,4-48H2,1-3H3/q+1. The molecule has 0 saturated carbocycles. The normalized spacial score (nSPS) is 11.4. The summed E-state index contributed by atoms with van der Waals surface area (Å²) in [6, 6.07) is 1.68. The lowest BCUT2D eigenvalue weighted by Crippen LogP contribution is -2.36. The minimum atomic E-state index is -0.332. The minimum absolute atomic E-state index is 0.332. The lowest BCUT2D eigenvalue weighted by atomic mass is 10.0. The first-order valence-corrected chi connectivity index (χ1v) is 27.0. The van der Waals surface area contributed by atoms with Crippen LogP contribution in [0, 0.1) is 0 Å². The summed E-state index contributed by atoms with van der Waals surface area (Å²) in [5.41, 5.74) is 0.911. The lowest BCUT2D eigenvalue weighted by Gasteiger charge is -2.08. The number of esters is 2. The Morgan fingerprint density at radius 2 is 0.550 bits per heavy atom. The van der Waals surface area contributed by atoms with Crippen molar-refractivity contribution in [2.45, 2.75) is 297 Å². The first kappa shape index (κ1) is 56.1. The summed E-state index contributed by atoms with van der Waals surface area (Å²) < 4.78 is 13.5. The Hall–Kier alpha value is -1.91. The van der Waals surface area contributed by atoms with Crippen LogP contribution in [0.5, 0.6) is 0 Å². The van der Waals surface area contributed by atoms with Crippen molar-refractivity contribution >= 4 is 11.9 Å². The van der Waals surface area contributed by atoms with Gasteiger partial charge in [-0.1, -0.05) is 265 Å². The second-order valence-corrected chi connectivity index (χ2v) is 18.6. The van der Waals surface area contributed by atoms with Crippen LogP contribution < -0.4 is 4.57 Å². The van der Waals surface area contributed by atoms with E-state index in [9.17, 15) is 9.59 Å². The quantitative estimate of drug-likeness (QED) is 0.0373. The number of aromatic nitrogens is 1. The second-order valence-electron chi connectivity index (χ2n) is 18.6. The summed E-state index contributed by atoms with van der Waals surface area (Å²) in [5, 5.41) is 0. The van der Waals surface area contributed by atoms with E-state index in [1.165, 1.54) is 231 Å². The molecule has 1 heterocycles. The fourth-order valence-electron chi connectivity index (χ4n) is 8.57. The van der Waals surface area contributed by atoms with Crippen LogP contribution in [0.3, 0.4) is 0 Å². The highest BCUT2D eigenvalue weighted by Gasteiger charge is 2.20. The smallest absolute Gasteiger partial charge is 0.344 e. The fourth-order valence-corrected chi connectivity index (χ4v) is 8.57. The molecule has 0 saturated heterocycles. The van der Waals surface area contributed by atoms with Crippen molar-refractivity contribution < 1.29 is 23.6 Å². The van der Waals surface area contributed by atoms with Gasteiger partial charge in [-0.15, -0.1) is 0 Å². The van der Waals surface area contributed by atoms with Crippen LogP contribution in [0.4, 0.5) is 0 Å². The Morgan fingerprint density at radius 3 is 0.800 bits per heavy atom. The molecule has 5 nitrogen and oxygen atoms in total. The molecule has 0 unspecified atom stereocenters. The van der Waals surface area contributed by atoms with Crippen LogP contribution in [0.1, 0.15) is 311 Å². The molecule has 350 valence electrons. The number of unbranched alkanes of at least 4 members (excludes halogenated alkanes) is 39. The maximum atomic E-state index is 13.2. The highest BCUT2D eigenvalue weighted by Crippen LogP contribution is 2.17. The monoisotopic (exact) mass is 841 g/mol. The second kappa shape index (κ2) is 45.1. The van der Waals surface area contributed by atoms with Gasteiger partial charge in [-0.2, -0.15) is 0 Å². The molecule has 1 aromatic heterocycles. The van der Waals surface area contributed by atoms with Crippen LogP contribution in [-0.4, -0.2) is 25.2 Å². The molecule has 5 heteroatoms. The van der Waals surface area contributed by atoms with Crippen LogP contribution in [0.25, 0.3) is 0 Å². The number of carbonyl (C=O) groups excluding carboxylic acids is 2. The van der Waals surface area contributed by atoms with Gasteiger partial charge in [-0.25, -0.2) is 14.2 Å². The predicted molar refractivity (Wildman–Crippen MR) is 258 cm³/mol. The first-order chi connectivity index (χ1) is 29.6. The van der Waals surface area contributed by atoms with E-state index in [0.717, 1.165) is 45.1 Å². The summed E-state index contributed by atoms with van der Waals surface area (Å²) in [6.07, 6.45) is 58.8. The molecular formula is C55H102NO4+. The summed E-state index contributed by atoms with van der Waals surface area (Å²) in [4.78, 5) is 26.5. The van der Waals surface area contributed by atoms with Gasteiger partial charge < -0.3 is 9.47 Å². The number of rotatable bonds is 47. The van der Waals surface area contributed by atoms with Gasteiger partial charge >= 0.3 is 11.9 Å². The van der Waals surface area contributed by atoms with Crippen molar-refractivity contribution in [3.05, 3.63) is 29.6 Å². The SMILES string of the molecule is CCCCCCCCCCCCCCCCOC(=O)c1cc(C(=O)OCCCCCCCCCCCCCCCC)c[n+](CCCCCCCCCCCCCCCC)c1. The summed E-state index contributed by atoms with van der Waals surface area (Å²) >= 11 is 0. The van der Waals surface area contributed by atoms with Gasteiger partial charge in [0.25, 0.3) is 0 Å². The van der Waals surface area contributed by atoms with Crippen LogP contribution in [0.15, 0.2) is 18.5 Å². The molecule has 0 N–H and O–H groups in total. The zero-order valence-corrected chi connectivity index (χ0v) is 40.6. The molecule has 0 atom stereocenters. The topological polar surface area (TPSA) is 56.5 Å². The van der Waals surface area contributed by atoms with Crippen molar-refractivity contribution in [3.63, 3.8) is 0 Å². The summed E-state index contributed by atoms with van der Waals surface area (Å²) in [5.74, 6) is -0.665. The number of carbonyl (C=O) groups is 2. The molecule has 0 bridgehead atoms. The third-order valence-electron chi connectivity index (χ3n) is 12.6. The molecule has 0 aliphatic heterocycles. The predicted octanol–water partition coefficient (Wildman–Crippen LogP) is 17.7. The van der Waals surface area contributed by atoms with Crippen LogP contribution in [0.2, 0.25) is 0 Å². The van der Waals surface area contributed by atoms with Gasteiger partial charge in [0.1, 0.15) is 17.7 Å². The number of hydrogen-bond acceptors (Lipinski definition) is 4. The Bertz CT molecular complexity index is 1010. The number of aryl methyl sites for hydroxylation is 1. The maximum absolute atomic E-state index is 13.2. The molecule has 0 fully saturated rings. The van der Waals surface area contributed by atoms with Gasteiger partial charge in [0.15, 0.2) is 12.4 Å². The Kier molecular flexibility index (Phi) is 42.2. The molecule has 0 aromatic carbocycles. The maximum Gasteiger partial charge on any atom is 0.344 e.